The van der Waals surface area contributed by atoms with Crippen molar-refractivity contribution in [2.75, 3.05) is 17.1 Å². The van der Waals surface area contributed by atoms with Gasteiger partial charge in [0.25, 0.3) is 21.1 Å². The van der Waals surface area contributed by atoms with Gasteiger partial charge in [-0.25, -0.2) is 13.1 Å². The van der Waals surface area contributed by atoms with E-state index < -0.39 is 27.0 Å². The van der Waals surface area contributed by atoms with Crippen molar-refractivity contribution >= 4 is 27.3 Å². The highest BCUT2D eigenvalue weighted by molar-refractivity contribution is 7.92. The average molecular weight is 458 g/mol. The second-order valence-electron chi connectivity index (χ2n) is 6.88. The van der Waals surface area contributed by atoms with E-state index in [1.165, 1.54) is 13.2 Å². The quantitative estimate of drug-likeness (QED) is 0.469. The summed E-state index contributed by atoms with van der Waals surface area (Å²) in [5.41, 5.74) is 0.143. The lowest BCUT2D eigenvalue weighted by Crippen LogP contribution is -2.29. The fraction of sp³-hybridized carbons (Fsp3) is 0.190. The standard InChI is InChI=1S/C21H22N4O6S/c1-14-7-8-15(22-19(26)11-12-25-21(28)10-9-20(27)23-25)13-18(14)32(29,30)24-16-5-3-4-6-17(16)31-2/h3-10,13,24H,11-12H2,1-2H3,(H,22,26)(H,23,27). The molecule has 168 valence electrons. The normalized spacial score (nSPS) is 11.1. The number of hydrogen-bond donors (Lipinski definition) is 3. The molecule has 0 spiro atoms. The van der Waals surface area contributed by atoms with Crippen LogP contribution in [0.15, 0.2) is 69.1 Å². The van der Waals surface area contributed by atoms with Crippen molar-refractivity contribution in [2.45, 2.75) is 24.8 Å². The average Bonchev–Trinajstić information content (AvgIpc) is 2.75. The Labute approximate surface area is 183 Å². The van der Waals surface area contributed by atoms with E-state index >= 15 is 0 Å². The molecule has 0 saturated heterocycles. The number of aromatic amines is 1. The fourth-order valence-corrected chi connectivity index (χ4v) is 4.30. The maximum Gasteiger partial charge on any atom is 0.265 e. The van der Waals surface area contributed by atoms with Gasteiger partial charge >= 0.3 is 0 Å². The highest BCUT2D eigenvalue weighted by atomic mass is 32.2. The number of rotatable bonds is 8. The number of sulfonamides is 1. The number of methoxy groups -OCH3 is 1. The first-order valence-electron chi connectivity index (χ1n) is 9.56. The van der Waals surface area contributed by atoms with Crippen molar-refractivity contribution in [1.29, 1.82) is 0 Å². The summed E-state index contributed by atoms with van der Waals surface area (Å²) in [6, 6.07) is 13.3. The van der Waals surface area contributed by atoms with Crippen LogP contribution in [0, 0.1) is 6.92 Å². The van der Waals surface area contributed by atoms with E-state index in [1.54, 1.807) is 43.3 Å². The summed E-state index contributed by atoms with van der Waals surface area (Å²) in [5.74, 6) is -0.0844. The van der Waals surface area contributed by atoms with E-state index in [0.29, 0.717) is 11.3 Å². The molecule has 0 fully saturated rings. The van der Waals surface area contributed by atoms with Gasteiger partial charge in [0, 0.05) is 24.2 Å². The molecule has 11 heteroatoms. The van der Waals surface area contributed by atoms with E-state index in [2.05, 4.69) is 15.1 Å². The number of para-hydroxylation sites is 2. The third-order valence-corrected chi connectivity index (χ3v) is 6.07. The van der Waals surface area contributed by atoms with Crippen molar-refractivity contribution < 1.29 is 17.9 Å². The SMILES string of the molecule is COc1ccccc1NS(=O)(=O)c1cc(NC(=O)CCn2[nH]c(=O)ccc2=O)ccc1C. The molecule has 0 bridgehead atoms. The minimum absolute atomic E-state index is 0.00943. The molecule has 1 heterocycles. The van der Waals surface area contributed by atoms with Crippen LogP contribution >= 0.6 is 0 Å². The lowest BCUT2D eigenvalue weighted by molar-refractivity contribution is -0.116. The number of H-pyrrole nitrogens is 1. The van der Waals surface area contributed by atoms with E-state index in [0.717, 1.165) is 16.8 Å². The minimum atomic E-state index is -3.97. The molecule has 0 radical (unpaired) electrons. The Morgan fingerprint density at radius 2 is 1.84 bits per heavy atom. The van der Waals surface area contributed by atoms with Crippen LogP contribution < -0.4 is 25.9 Å². The van der Waals surface area contributed by atoms with Crippen LogP contribution in [0.4, 0.5) is 11.4 Å². The highest BCUT2D eigenvalue weighted by Gasteiger charge is 2.20. The first-order chi connectivity index (χ1) is 15.2. The van der Waals surface area contributed by atoms with Crippen LogP contribution in [0.3, 0.4) is 0 Å². The summed E-state index contributed by atoms with van der Waals surface area (Å²) in [6.45, 7) is 1.60. The number of aromatic nitrogens is 2. The molecule has 3 aromatic rings. The Morgan fingerprint density at radius 3 is 2.59 bits per heavy atom. The van der Waals surface area contributed by atoms with E-state index in [1.807, 2.05) is 0 Å². The van der Waals surface area contributed by atoms with E-state index in [-0.39, 0.29) is 29.2 Å². The van der Waals surface area contributed by atoms with Crippen LogP contribution in [0.25, 0.3) is 0 Å². The van der Waals surface area contributed by atoms with Crippen molar-refractivity contribution in [3.63, 3.8) is 0 Å². The Hall–Kier alpha value is -3.86. The second-order valence-corrected chi connectivity index (χ2v) is 8.53. The van der Waals surface area contributed by atoms with Gasteiger partial charge in [0.05, 0.1) is 24.2 Å². The fourth-order valence-electron chi connectivity index (χ4n) is 2.96. The van der Waals surface area contributed by atoms with Gasteiger partial charge in [0.2, 0.25) is 5.91 Å². The lowest BCUT2D eigenvalue weighted by Gasteiger charge is -2.14. The maximum absolute atomic E-state index is 13.0. The molecule has 0 aliphatic rings. The molecule has 0 unspecified atom stereocenters. The molecule has 10 nitrogen and oxygen atoms in total. The largest absolute Gasteiger partial charge is 0.495 e. The smallest absolute Gasteiger partial charge is 0.265 e. The molecular weight excluding hydrogens is 436 g/mol. The minimum Gasteiger partial charge on any atom is -0.495 e. The number of aryl methyl sites for hydroxylation is 2. The van der Waals surface area contributed by atoms with Crippen molar-refractivity contribution in [1.82, 2.24) is 9.78 Å². The molecule has 3 N–H and O–H groups in total. The molecule has 1 amide bonds. The number of amides is 1. The van der Waals surface area contributed by atoms with E-state index in [4.69, 9.17) is 4.74 Å². The van der Waals surface area contributed by atoms with Crippen LogP contribution in [0.2, 0.25) is 0 Å². The van der Waals surface area contributed by atoms with Gasteiger partial charge in [0.15, 0.2) is 0 Å². The third-order valence-electron chi connectivity index (χ3n) is 4.56. The number of ether oxygens (including phenoxy) is 1. The Kier molecular flexibility index (Phi) is 6.79. The highest BCUT2D eigenvalue weighted by Crippen LogP contribution is 2.28. The Bertz CT molecular complexity index is 1360. The number of anilines is 2. The van der Waals surface area contributed by atoms with Gasteiger partial charge in [-0.1, -0.05) is 18.2 Å². The van der Waals surface area contributed by atoms with E-state index in [9.17, 15) is 22.8 Å². The number of nitrogens with one attached hydrogen (secondary N) is 3. The van der Waals surface area contributed by atoms with Crippen LogP contribution in [-0.2, 0) is 21.4 Å². The lowest BCUT2D eigenvalue weighted by atomic mass is 10.2. The number of benzene rings is 2. The summed E-state index contributed by atoms with van der Waals surface area (Å²) in [5, 5.41) is 4.94. The third kappa shape index (κ3) is 5.43. The monoisotopic (exact) mass is 458 g/mol. The summed E-state index contributed by atoms with van der Waals surface area (Å²) >= 11 is 0. The van der Waals surface area contributed by atoms with Gasteiger partial charge in [0.1, 0.15) is 5.75 Å². The second kappa shape index (κ2) is 9.52. The predicted molar refractivity (Wildman–Crippen MR) is 120 cm³/mol. The zero-order valence-electron chi connectivity index (χ0n) is 17.4. The Balaban J connectivity index is 1.76. The predicted octanol–water partition coefficient (Wildman–Crippen LogP) is 1.68. The molecular formula is C21H22N4O6S. The molecule has 2 aromatic carbocycles. The van der Waals surface area contributed by atoms with Crippen molar-refractivity contribution in [2.24, 2.45) is 0 Å². The Morgan fingerprint density at radius 1 is 1.09 bits per heavy atom. The molecule has 0 aliphatic carbocycles. The number of carbonyl (C=O) groups excluding carboxylic acids is 1. The van der Waals surface area contributed by atoms with Gasteiger partial charge < -0.3 is 10.1 Å². The first kappa shape index (κ1) is 22.8. The summed E-state index contributed by atoms with van der Waals surface area (Å²) < 4.78 is 34.6. The van der Waals surface area contributed by atoms with Crippen molar-refractivity contribution in [3.8, 4) is 5.75 Å². The zero-order chi connectivity index (χ0) is 23.3. The zero-order valence-corrected chi connectivity index (χ0v) is 18.2. The summed E-state index contributed by atoms with van der Waals surface area (Å²) in [4.78, 5) is 35.3. The van der Waals surface area contributed by atoms with Gasteiger partial charge in [-0.05, 0) is 36.8 Å². The molecule has 1 aromatic heterocycles. The molecule has 0 atom stereocenters. The molecule has 3 rings (SSSR count). The van der Waals surface area contributed by atoms with Gasteiger partial charge in [-0.15, -0.1) is 0 Å². The van der Waals surface area contributed by atoms with Crippen molar-refractivity contribution in [3.05, 3.63) is 80.9 Å². The topological polar surface area (TPSA) is 139 Å². The summed E-state index contributed by atoms with van der Waals surface area (Å²) in [6.07, 6.45) is -0.102. The maximum atomic E-state index is 13.0. The number of hydrogen-bond acceptors (Lipinski definition) is 6. The first-order valence-corrected chi connectivity index (χ1v) is 11.0. The van der Waals surface area contributed by atoms with Crippen LogP contribution in [-0.4, -0.2) is 31.2 Å². The van der Waals surface area contributed by atoms with Gasteiger partial charge in [-0.2, -0.15) is 0 Å². The van der Waals surface area contributed by atoms with Gasteiger partial charge in [-0.3, -0.25) is 24.2 Å². The van der Waals surface area contributed by atoms with Crippen LogP contribution in [0.1, 0.15) is 12.0 Å². The molecule has 0 saturated carbocycles. The van der Waals surface area contributed by atoms with Crippen LogP contribution in [0.5, 0.6) is 5.75 Å². The number of carbonyl (C=O) groups is 1. The molecule has 32 heavy (non-hydrogen) atoms. The number of nitrogens with zero attached hydrogens (tertiary/aromatic N) is 1. The summed E-state index contributed by atoms with van der Waals surface area (Å²) in [7, 11) is -2.53. The molecule has 0 aliphatic heterocycles.